The zero-order valence-corrected chi connectivity index (χ0v) is 17.1. The summed E-state index contributed by atoms with van der Waals surface area (Å²) in [5.74, 6) is 1.22. The first kappa shape index (κ1) is 21.4. The molecule has 9 heteroatoms. The van der Waals surface area contributed by atoms with Crippen LogP contribution in [0.15, 0.2) is 47.4 Å². The van der Waals surface area contributed by atoms with Gasteiger partial charge in [0.05, 0.1) is 24.8 Å². The standard InChI is InChI=1S/C19H25N3O5S/c1-13(2)12-20-19(23)21-14-5-8-16(9-6-14)28(24,25)22-17-10-7-15(26-3)11-18(17)27-4/h5-11,13,22H,12H2,1-4H3,(H2,20,21,23). The van der Waals surface area contributed by atoms with Gasteiger partial charge in [0, 0.05) is 18.3 Å². The van der Waals surface area contributed by atoms with Gasteiger partial charge in [-0.1, -0.05) is 13.8 Å². The lowest BCUT2D eigenvalue weighted by atomic mass is 10.2. The Morgan fingerprint density at radius 1 is 1.04 bits per heavy atom. The van der Waals surface area contributed by atoms with Crippen molar-refractivity contribution < 1.29 is 22.7 Å². The van der Waals surface area contributed by atoms with Crippen molar-refractivity contribution in [2.24, 2.45) is 5.92 Å². The fourth-order valence-electron chi connectivity index (χ4n) is 2.28. The quantitative estimate of drug-likeness (QED) is 0.623. The predicted octanol–water partition coefficient (Wildman–Crippen LogP) is 3.28. The Kier molecular flexibility index (Phi) is 7.11. The highest BCUT2D eigenvalue weighted by Gasteiger charge is 2.17. The highest BCUT2D eigenvalue weighted by Crippen LogP contribution is 2.31. The van der Waals surface area contributed by atoms with Crippen molar-refractivity contribution >= 4 is 27.4 Å². The van der Waals surface area contributed by atoms with E-state index in [-0.39, 0.29) is 10.9 Å². The summed E-state index contributed by atoms with van der Waals surface area (Å²) in [6, 6.07) is 10.3. The third-order valence-electron chi connectivity index (χ3n) is 3.75. The molecule has 0 aliphatic rings. The summed E-state index contributed by atoms with van der Waals surface area (Å²) in [7, 11) is -0.878. The van der Waals surface area contributed by atoms with Crippen LogP contribution in [0.25, 0.3) is 0 Å². The van der Waals surface area contributed by atoms with Gasteiger partial charge in [-0.15, -0.1) is 0 Å². The summed E-state index contributed by atoms with van der Waals surface area (Å²) in [4.78, 5) is 11.8. The van der Waals surface area contributed by atoms with Gasteiger partial charge in [-0.05, 0) is 42.3 Å². The number of methoxy groups -OCH3 is 2. The van der Waals surface area contributed by atoms with Gasteiger partial charge in [0.15, 0.2) is 0 Å². The van der Waals surface area contributed by atoms with Gasteiger partial charge in [-0.2, -0.15) is 0 Å². The summed E-state index contributed by atoms with van der Waals surface area (Å²) >= 11 is 0. The second-order valence-electron chi connectivity index (χ2n) is 6.42. The maximum Gasteiger partial charge on any atom is 0.319 e. The maximum absolute atomic E-state index is 12.6. The van der Waals surface area contributed by atoms with Crippen molar-refractivity contribution in [3.05, 3.63) is 42.5 Å². The number of benzene rings is 2. The maximum atomic E-state index is 12.6. The topological polar surface area (TPSA) is 106 Å². The van der Waals surface area contributed by atoms with Gasteiger partial charge >= 0.3 is 6.03 Å². The summed E-state index contributed by atoms with van der Waals surface area (Å²) in [6.45, 7) is 4.53. The van der Waals surface area contributed by atoms with Crippen LogP contribution in [0.5, 0.6) is 11.5 Å². The fraction of sp³-hybridized carbons (Fsp3) is 0.316. The number of carbonyl (C=O) groups excluding carboxylic acids is 1. The van der Waals surface area contributed by atoms with Crippen LogP contribution in [-0.4, -0.2) is 35.2 Å². The molecule has 0 unspecified atom stereocenters. The molecule has 2 amide bonds. The molecule has 0 radical (unpaired) electrons. The Hall–Kier alpha value is -2.94. The lowest BCUT2D eigenvalue weighted by molar-refractivity contribution is 0.251. The normalized spacial score (nSPS) is 11.0. The molecule has 152 valence electrons. The van der Waals surface area contributed by atoms with E-state index in [1.165, 1.54) is 38.5 Å². The fourth-order valence-corrected chi connectivity index (χ4v) is 3.35. The molecule has 0 spiro atoms. The molecule has 0 heterocycles. The molecular weight excluding hydrogens is 382 g/mol. The SMILES string of the molecule is COc1ccc(NS(=O)(=O)c2ccc(NC(=O)NCC(C)C)cc2)c(OC)c1. The van der Waals surface area contributed by atoms with Gasteiger partial charge in [-0.3, -0.25) is 4.72 Å². The molecule has 2 rings (SSSR count). The molecule has 0 fully saturated rings. The van der Waals surface area contributed by atoms with Crippen molar-refractivity contribution in [3.8, 4) is 11.5 Å². The minimum atomic E-state index is -3.83. The predicted molar refractivity (Wildman–Crippen MR) is 109 cm³/mol. The number of ether oxygens (including phenoxy) is 2. The summed E-state index contributed by atoms with van der Waals surface area (Å²) < 4.78 is 38.1. The van der Waals surface area contributed by atoms with Crippen LogP contribution in [0.4, 0.5) is 16.2 Å². The van der Waals surface area contributed by atoms with E-state index in [1.807, 2.05) is 13.8 Å². The molecule has 0 bridgehead atoms. The van der Waals surface area contributed by atoms with E-state index >= 15 is 0 Å². The number of anilines is 2. The van der Waals surface area contributed by atoms with Crippen molar-refractivity contribution in [2.75, 3.05) is 30.8 Å². The van der Waals surface area contributed by atoms with E-state index in [0.717, 1.165) is 0 Å². The number of sulfonamides is 1. The number of hydrogen-bond acceptors (Lipinski definition) is 5. The minimum absolute atomic E-state index is 0.0542. The Balaban J connectivity index is 2.11. The number of rotatable bonds is 8. The largest absolute Gasteiger partial charge is 0.497 e. The minimum Gasteiger partial charge on any atom is -0.497 e. The molecule has 3 N–H and O–H groups in total. The first-order chi connectivity index (χ1) is 13.2. The average molecular weight is 407 g/mol. The van der Waals surface area contributed by atoms with Gasteiger partial charge < -0.3 is 20.1 Å². The molecule has 2 aromatic rings. The molecule has 8 nitrogen and oxygen atoms in total. The van der Waals surface area contributed by atoms with Crippen LogP contribution in [0.1, 0.15) is 13.8 Å². The molecule has 0 aliphatic heterocycles. The zero-order chi connectivity index (χ0) is 20.7. The van der Waals surface area contributed by atoms with Crippen molar-refractivity contribution in [1.82, 2.24) is 5.32 Å². The van der Waals surface area contributed by atoms with Crippen LogP contribution in [0.2, 0.25) is 0 Å². The van der Waals surface area contributed by atoms with E-state index in [1.54, 1.807) is 18.2 Å². The van der Waals surface area contributed by atoms with Gasteiger partial charge in [0.2, 0.25) is 0 Å². The molecule has 0 atom stereocenters. The first-order valence-electron chi connectivity index (χ1n) is 8.65. The van der Waals surface area contributed by atoms with Crippen LogP contribution >= 0.6 is 0 Å². The molecular formula is C19H25N3O5S. The van der Waals surface area contributed by atoms with E-state index in [9.17, 15) is 13.2 Å². The number of amides is 2. The molecule has 2 aromatic carbocycles. The van der Waals surface area contributed by atoms with E-state index in [0.29, 0.717) is 35.3 Å². The molecule has 0 saturated heterocycles. The third-order valence-corrected chi connectivity index (χ3v) is 5.13. The second-order valence-corrected chi connectivity index (χ2v) is 8.11. The monoisotopic (exact) mass is 407 g/mol. The Morgan fingerprint density at radius 2 is 1.71 bits per heavy atom. The van der Waals surface area contributed by atoms with Crippen LogP contribution in [-0.2, 0) is 10.0 Å². The Labute approximate surface area is 165 Å². The number of urea groups is 1. The zero-order valence-electron chi connectivity index (χ0n) is 16.3. The molecule has 28 heavy (non-hydrogen) atoms. The van der Waals surface area contributed by atoms with Crippen molar-refractivity contribution in [2.45, 2.75) is 18.7 Å². The van der Waals surface area contributed by atoms with Crippen LogP contribution < -0.4 is 24.8 Å². The molecule has 0 saturated carbocycles. The molecule has 0 aromatic heterocycles. The van der Waals surface area contributed by atoms with Crippen LogP contribution in [0, 0.1) is 5.92 Å². The average Bonchev–Trinajstić information content (AvgIpc) is 2.67. The van der Waals surface area contributed by atoms with Gasteiger partial charge in [0.25, 0.3) is 10.0 Å². The summed E-state index contributed by atoms with van der Waals surface area (Å²) in [5.41, 5.74) is 0.779. The van der Waals surface area contributed by atoms with E-state index < -0.39 is 10.0 Å². The van der Waals surface area contributed by atoms with Gasteiger partial charge in [0.1, 0.15) is 11.5 Å². The van der Waals surface area contributed by atoms with Gasteiger partial charge in [-0.25, -0.2) is 13.2 Å². The second kappa shape index (κ2) is 9.32. The highest BCUT2D eigenvalue weighted by atomic mass is 32.2. The Bertz CT molecular complexity index is 912. The summed E-state index contributed by atoms with van der Waals surface area (Å²) in [6.07, 6.45) is 0. The third kappa shape index (κ3) is 5.78. The van der Waals surface area contributed by atoms with Crippen molar-refractivity contribution in [3.63, 3.8) is 0 Å². The lowest BCUT2D eigenvalue weighted by Crippen LogP contribution is -2.31. The number of carbonyl (C=O) groups is 1. The number of nitrogens with one attached hydrogen (secondary N) is 3. The highest BCUT2D eigenvalue weighted by molar-refractivity contribution is 7.92. The van der Waals surface area contributed by atoms with E-state index in [4.69, 9.17) is 9.47 Å². The molecule has 0 aliphatic carbocycles. The lowest BCUT2D eigenvalue weighted by Gasteiger charge is -2.13. The van der Waals surface area contributed by atoms with Crippen LogP contribution in [0.3, 0.4) is 0 Å². The Morgan fingerprint density at radius 3 is 2.29 bits per heavy atom. The van der Waals surface area contributed by atoms with Crippen molar-refractivity contribution in [1.29, 1.82) is 0 Å². The van der Waals surface area contributed by atoms with E-state index in [2.05, 4.69) is 15.4 Å². The smallest absolute Gasteiger partial charge is 0.319 e. The number of hydrogen-bond donors (Lipinski definition) is 3. The first-order valence-corrected chi connectivity index (χ1v) is 10.1. The summed E-state index contributed by atoms with van der Waals surface area (Å²) in [5, 5.41) is 5.38.